The molecule has 0 saturated heterocycles. The standard InChI is InChI=1S/C12H11N3O2S/c13-12(16)15-9(10-3-1-5-17-10)7-8(14-15)11-4-2-6-18-11/h1-6,9H,7H2,(H2,13,16)/t9-/m0/s1. The van der Waals surface area contributed by atoms with Gasteiger partial charge in [0.1, 0.15) is 11.8 Å². The third kappa shape index (κ3) is 1.80. The summed E-state index contributed by atoms with van der Waals surface area (Å²) >= 11 is 1.59. The molecular formula is C12H11N3O2S. The van der Waals surface area contributed by atoms with Crippen LogP contribution in [0.1, 0.15) is 23.1 Å². The molecule has 0 aliphatic carbocycles. The van der Waals surface area contributed by atoms with E-state index in [1.807, 2.05) is 23.6 Å². The molecule has 6 heteroatoms. The fourth-order valence-corrected chi connectivity index (χ4v) is 2.73. The second-order valence-corrected chi connectivity index (χ2v) is 4.89. The number of thiophene rings is 1. The van der Waals surface area contributed by atoms with Crippen LogP contribution < -0.4 is 5.73 Å². The quantitative estimate of drug-likeness (QED) is 0.902. The predicted molar refractivity (Wildman–Crippen MR) is 68.3 cm³/mol. The zero-order chi connectivity index (χ0) is 12.5. The molecule has 5 nitrogen and oxygen atoms in total. The van der Waals surface area contributed by atoms with E-state index in [0.29, 0.717) is 12.2 Å². The van der Waals surface area contributed by atoms with Gasteiger partial charge in [0.05, 0.1) is 16.9 Å². The van der Waals surface area contributed by atoms with E-state index < -0.39 is 6.03 Å². The van der Waals surface area contributed by atoms with Crippen LogP contribution in [-0.4, -0.2) is 16.8 Å². The summed E-state index contributed by atoms with van der Waals surface area (Å²) in [5.41, 5.74) is 6.22. The lowest BCUT2D eigenvalue weighted by molar-refractivity contribution is 0.188. The number of amides is 2. The van der Waals surface area contributed by atoms with Crippen molar-refractivity contribution < 1.29 is 9.21 Å². The Kier molecular flexibility index (Phi) is 2.64. The van der Waals surface area contributed by atoms with Crippen LogP contribution in [0.2, 0.25) is 0 Å². The highest BCUT2D eigenvalue weighted by atomic mass is 32.1. The third-order valence-corrected chi connectivity index (χ3v) is 3.73. The summed E-state index contributed by atoms with van der Waals surface area (Å²) < 4.78 is 5.34. The maximum absolute atomic E-state index is 11.4. The van der Waals surface area contributed by atoms with E-state index in [-0.39, 0.29) is 6.04 Å². The Morgan fingerprint density at radius 3 is 3.00 bits per heavy atom. The molecule has 0 saturated carbocycles. The minimum Gasteiger partial charge on any atom is -0.467 e. The van der Waals surface area contributed by atoms with Crippen LogP contribution in [0, 0.1) is 0 Å². The lowest BCUT2D eigenvalue weighted by atomic mass is 10.1. The Morgan fingerprint density at radius 1 is 1.50 bits per heavy atom. The first kappa shape index (κ1) is 11.0. The summed E-state index contributed by atoms with van der Waals surface area (Å²) in [6, 6.07) is 6.74. The number of hydrogen-bond donors (Lipinski definition) is 1. The van der Waals surface area contributed by atoms with E-state index in [1.165, 1.54) is 5.01 Å². The van der Waals surface area contributed by atoms with Gasteiger partial charge in [0.2, 0.25) is 0 Å². The van der Waals surface area contributed by atoms with E-state index in [2.05, 4.69) is 5.10 Å². The van der Waals surface area contributed by atoms with E-state index in [0.717, 1.165) is 10.6 Å². The highest BCUT2D eigenvalue weighted by Gasteiger charge is 2.33. The number of primary amides is 1. The molecule has 0 bridgehead atoms. The molecule has 0 fully saturated rings. The smallest absolute Gasteiger partial charge is 0.335 e. The molecule has 2 N–H and O–H groups in total. The number of hydrazone groups is 1. The summed E-state index contributed by atoms with van der Waals surface area (Å²) in [5, 5.41) is 7.56. The first-order valence-corrected chi connectivity index (χ1v) is 6.37. The maximum atomic E-state index is 11.4. The zero-order valence-electron chi connectivity index (χ0n) is 9.45. The second kappa shape index (κ2) is 4.30. The van der Waals surface area contributed by atoms with Gasteiger partial charge in [0.25, 0.3) is 0 Å². The molecule has 3 rings (SSSR count). The highest BCUT2D eigenvalue weighted by molar-refractivity contribution is 7.12. The Balaban J connectivity index is 1.93. The fourth-order valence-electron chi connectivity index (χ4n) is 2.01. The molecule has 2 aromatic rings. The van der Waals surface area contributed by atoms with E-state index in [1.54, 1.807) is 23.7 Å². The van der Waals surface area contributed by atoms with Gasteiger partial charge in [0.15, 0.2) is 0 Å². The van der Waals surface area contributed by atoms with Crippen molar-refractivity contribution in [1.29, 1.82) is 0 Å². The Hall–Kier alpha value is -2.08. The van der Waals surface area contributed by atoms with E-state index in [9.17, 15) is 4.79 Å². The summed E-state index contributed by atoms with van der Waals surface area (Å²) in [4.78, 5) is 12.5. The van der Waals surface area contributed by atoms with Gasteiger partial charge in [-0.05, 0) is 23.6 Å². The van der Waals surface area contributed by atoms with Crippen LogP contribution >= 0.6 is 11.3 Å². The molecule has 0 unspecified atom stereocenters. The first-order chi connectivity index (χ1) is 8.75. The number of nitrogens with zero attached hydrogens (tertiary/aromatic N) is 2. The minimum atomic E-state index is -0.567. The highest BCUT2D eigenvalue weighted by Crippen LogP contribution is 2.33. The topological polar surface area (TPSA) is 71.8 Å². The van der Waals surface area contributed by atoms with E-state index in [4.69, 9.17) is 10.2 Å². The van der Waals surface area contributed by atoms with Crippen LogP contribution in [0.25, 0.3) is 0 Å². The van der Waals surface area contributed by atoms with Crippen molar-refractivity contribution in [3.63, 3.8) is 0 Å². The fraction of sp³-hybridized carbons (Fsp3) is 0.167. The predicted octanol–water partition coefficient (Wildman–Crippen LogP) is 2.57. The third-order valence-electron chi connectivity index (χ3n) is 2.81. The normalized spacial score (nSPS) is 19.0. The summed E-state index contributed by atoms with van der Waals surface area (Å²) in [7, 11) is 0. The van der Waals surface area contributed by atoms with Gasteiger partial charge in [-0.2, -0.15) is 5.10 Å². The Bertz CT molecular complexity index is 575. The lowest BCUT2D eigenvalue weighted by Gasteiger charge is -2.16. The average Bonchev–Trinajstić information content (AvgIpc) is 3.10. The monoisotopic (exact) mass is 261 g/mol. The Morgan fingerprint density at radius 2 is 2.39 bits per heavy atom. The number of carbonyl (C=O) groups excluding carboxylic acids is 1. The van der Waals surface area contributed by atoms with Gasteiger partial charge >= 0.3 is 6.03 Å². The number of nitrogens with two attached hydrogens (primary N) is 1. The molecule has 2 amide bonds. The molecule has 0 spiro atoms. The molecular weight excluding hydrogens is 250 g/mol. The second-order valence-electron chi connectivity index (χ2n) is 3.94. The first-order valence-electron chi connectivity index (χ1n) is 5.49. The van der Waals surface area contributed by atoms with E-state index >= 15 is 0 Å². The van der Waals surface area contributed by atoms with Gasteiger partial charge in [-0.15, -0.1) is 11.3 Å². The maximum Gasteiger partial charge on any atom is 0.335 e. The zero-order valence-corrected chi connectivity index (χ0v) is 10.3. The summed E-state index contributed by atoms with van der Waals surface area (Å²) in [5.74, 6) is 0.698. The lowest BCUT2D eigenvalue weighted by Crippen LogP contribution is -2.31. The average molecular weight is 261 g/mol. The van der Waals surface area contributed by atoms with Crippen LogP contribution in [0.5, 0.6) is 0 Å². The summed E-state index contributed by atoms with van der Waals surface area (Å²) in [6.07, 6.45) is 2.20. The summed E-state index contributed by atoms with van der Waals surface area (Å²) in [6.45, 7) is 0. The van der Waals surface area contributed by atoms with Crippen LogP contribution in [0.4, 0.5) is 4.79 Å². The van der Waals surface area contributed by atoms with Crippen molar-refractivity contribution in [1.82, 2.24) is 5.01 Å². The molecule has 0 aromatic carbocycles. The van der Waals surface area contributed by atoms with Gasteiger partial charge in [-0.1, -0.05) is 6.07 Å². The minimum absolute atomic E-state index is 0.241. The Labute approximate surface area is 108 Å². The van der Waals surface area contributed by atoms with Gasteiger partial charge in [-0.25, -0.2) is 9.80 Å². The van der Waals surface area contributed by atoms with Gasteiger partial charge in [-0.3, -0.25) is 0 Å². The largest absolute Gasteiger partial charge is 0.467 e. The van der Waals surface area contributed by atoms with Crippen molar-refractivity contribution >= 4 is 23.1 Å². The van der Waals surface area contributed by atoms with Crippen molar-refractivity contribution in [2.45, 2.75) is 12.5 Å². The molecule has 2 aromatic heterocycles. The molecule has 18 heavy (non-hydrogen) atoms. The number of furan rings is 1. The molecule has 92 valence electrons. The molecule has 1 atom stereocenters. The van der Waals surface area contributed by atoms with Crippen molar-refractivity contribution in [3.8, 4) is 0 Å². The van der Waals surface area contributed by atoms with Crippen molar-refractivity contribution in [2.75, 3.05) is 0 Å². The van der Waals surface area contributed by atoms with Crippen LogP contribution in [0.15, 0.2) is 45.4 Å². The van der Waals surface area contributed by atoms with Crippen LogP contribution in [0.3, 0.4) is 0 Å². The van der Waals surface area contributed by atoms with Crippen LogP contribution in [-0.2, 0) is 0 Å². The molecule has 0 radical (unpaired) electrons. The molecule has 1 aliphatic rings. The van der Waals surface area contributed by atoms with Crippen molar-refractivity contribution in [3.05, 3.63) is 46.5 Å². The number of hydrogen-bond acceptors (Lipinski definition) is 4. The van der Waals surface area contributed by atoms with Gasteiger partial charge < -0.3 is 10.2 Å². The number of urea groups is 1. The van der Waals surface area contributed by atoms with Crippen molar-refractivity contribution in [2.24, 2.45) is 10.8 Å². The number of carbonyl (C=O) groups is 1. The SMILES string of the molecule is NC(=O)N1N=C(c2cccs2)C[C@H]1c1ccco1. The number of rotatable bonds is 2. The molecule has 3 heterocycles. The molecule has 1 aliphatic heterocycles. The van der Waals surface area contributed by atoms with Gasteiger partial charge in [0, 0.05) is 6.42 Å².